The maximum absolute atomic E-state index is 13.1. The molecule has 0 N–H and O–H groups in total. The summed E-state index contributed by atoms with van der Waals surface area (Å²) in [6.45, 7) is 0. The normalized spacial score (nSPS) is 11.2. The van der Waals surface area contributed by atoms with Crippen LogP contribution in [0.3, 0.4) is 0 Å². The average molecular weight is 430 g/mol. The second kappa shape index (κ2) is 7.69. The van der Waals surface area contributed by atoms with Crippen molar-refractivity contribution in [3.63, 3.8) is 0 Å². The Labute approximate surface area is 179 Å². The number of hydrogen-bond acceptors (Lipinski definition) is 7. The van der Waals surface area contributed by atoms with Gasteiger partial charge in [0.1, 0.15) is 0 Å². The zero-order valence-electron chi connectivity index (χ0n) is 16.0. The van der Waals surface area contributed by atoms with Gasteiger partial charge in [-0.2, -0.15) is 0 Å². The van der Waals surface area contributed by atoms with Crippen molar-refractivity contribution in [1.82, 2.24) is 14.8 Å². The van der Waals surface area contributed by atoms with Crippen molar-refractivity contribution in [2.24, 2.45) is 0 Å². The second-order valence-corrected chi connectivity index (χ2v) is 7.66. The third-order valence-corrected chi connectivity index (χ3v) is 5.66. The number of para-hydroxylation sites is 2. The number of nitrogens with zero attached hydrogens (tertiary/aromatic N) is 4. The molecule has 0 saturated heterocycles. The number of rotatable bonds is 5. The Bertz CT molecular complexity index is 1400. The molecule has 0 aliphatic carbocycles. The summed E-state index contributed by atoms with van der Waals surface area (Å²) in [5.41, 5.74) is 2.07. The van der Waals surface area contributed by atoms with Crippen molar-refractivity contribution in [3.05, 3.63) is 82.9 Å². The highest BCUT2D eigenvalue weighted by Gasteiger charge is 2.18. The molecule has 5 rings (SSSR count). The Morgan fingerprint density at radius 2 is 1.65 bits per heavy atom. The van der Waals surface area contributed by atoms with Crippen LogP contribution in [-0.2, 0) is 0 Å². The van der Waals surface area contributed by atoms with E-state index in [1.165, 1.54) is 12.1 Å². The monoisotopic (exact) mass is 430 g/mol. The molecule has 31 heavy (non-hydrogen) atoms. The zero-order chi connectivity index (χ0) is 21.4. The summed E-state index contributed by atoms with van der Waals surface area (Å²) in [7, 11) is 0. The van der Waals surface area contributed by atoms with Gasteiger partial charge in [-0.15, -0.1) is 10.2 Å². The number of hydrogen-bond donors (Lipinski definition) is 0. The first kappa shape index (κ1) is 19.0. The number of carbonyl (C=O) groups excluding carboxylic acids is 1. The van der Waals surface area contributed by atoms with Crippen LogP contribution in [0.1, 0.15) is 4.79 Å². The number of thioether (sulfide) groups is 1. The molecule has 152 valence electrons. The molecule has 0 bridgehead atoms. The van der Waals surface area contributed by atoms with Crippen LogP contribution >= 0.6 is 11.8 Å². The van der Waals surface area contributed by atoms with Crippen molar-refractivity contribution in [1.29, 1.82) is 0 Å². The Morgan fingerprint density at radius 1 is 0.968 bits per heavy atom. The first-order valence-corrected chi connectivity index (χ1v) is 10.3. The van der Waals surface area contributed by atoms with Crippen LogP contribution < -0.4 is 0 Å². The van der Waals surface area contributed by atoms with E-state index < -0.39 is 4.92 Å². The molecule has 0 aliphatic heterocycles. The second-order valence-electron chi connectivity index (χ2n) is 6.73. The van der Waals surface area contributed by atoms with Gasteiger partial charge in [-0.3, -0.25) is 19.5 Å². The van der Waals surface area contributed by atoms with Gasteiger partial charge >= 0.3 is 0 Å². The number of carbonyl (C=O) groups is 1. The van der Waals surface area contributed by atoms with Crippen LogP contribution in [0.4, 0.5) is 5.69 Å². The number of non-ortho nitro benzene ring substituents is 1. The average Bonchev–Trinajstić information content (AvgIpc) is 3.40. The molecule has 0 unspecified atom stereocenters. The summed E-state index contributed by atoms with van der Waals surface area (Å²) in [6, 6.07) is 21.5. The van der Waals surface area contributed by atoms with Gasteiger partial charge < -0.3 is 4.42 Å². The molecule has 5 aromatic rings. The first-order chi connectivity index (χ1) is 15.1. The highest BCUT2D eigenvalue weighted by Crippen LogP contribution is 2.30. The van der Waals surface area contributed by atoms with E-state index in [0.717, 1.165) is 33.6 Å². The fourth-order valence-corrected chi connectivity index (χ4v) is 4.13. The molecule has 0 atom stereocenters. The van der Waals surface area contributed by atoms with E-state index in [0.29, 0.717) is 5.56 Å². The van der Waals surface area contributed by atoms with Gasteiger partial charge in [-0.25, -0.2) is 0 Å². The Morgan fingerprint density at radius 3 is 2.32 bits per heavy atom. The topological polar surface area (TPSA) is 104 Å². The van der Waals surface area contributed by atoms with Crippen molar-refractivity contribution in [3.8, 4) is 11.5 Å². The minimum atomic E-state index is -0.486. The summed E-state index contributed by atoms with van der Waals surface area (Å²) in [6.07, 6.45) is 0. The van der Waals surface area contributed by atoms with E-state index in [1.807, 2.05) is 48.5 Å². The summed E-state index contributed by atoms with van der Waals surface area (Å²) >= 11 is 1.13. The maximum Gasteiger partial charge on any atom is 0.277 e. The Hall–Kier alpha value is -3.98. The summed E-state index contributed by atoms with van der Waals surface area (Å²) in [4.78, 5) is 23.6. The van der Waals surface area contributed by atoms with Crippen LogP contribution in [0.5, 0.6) is 0 Å². The number of nitro benzene ring substituents is 1. The third-order valence-electron chi connectivity index (χ3n) is 4.86. The van der Waals surface area contributed by atoms with Crippen LogP contribution in [0.2, 0.25) is 0 Å². The largest absolute Gasteiger partial charge is 0.411 e. The standard InChI is InChI=1S/C22H14N4O4S/c27-20(25-18-10-3-1-8-16(18)17-9-2-4-11-19(17)25)13-31-22-24-23-21(30-22)14-6-5-7-15(12-14)26(28)29/h1-12H,13H2. The van der Waals surface area contributed by atoms with E-state index in [9.17, 15) is 14.9 Å². The van der Waals surface area contributed by atoms with E-state index in [1.54, 1.807) is 16.7 Å². The smallest absolute Gasteiger partial charge is 0.277 e. The quantitative estimate of drug-likeness (QED) is 0.215. The number of benzene rings is 3. The minimum Gasteiger partial charge on any atom is -0.411 e. The lowest BCUT2D eigenvalue weighted by Crippen LogP contribution is -2.12. The van der Waals surface area contributed by atoms with E-state index >= 15 is 0 Å². The molecule has 0 radical (unpaired) electrons. The van der Waals surface area contributed by atoms with Gasteiger partial charge in [0.25, 0.3) is 10.9 Å². The van der Waals surface area contributed by atoms with Gasteiger partial charge in [-0.1, -0.05) is 54.2 Å². The molecule has 9 heteroatoms. The molecule has 3 aromatic carbocycles. The predicted octanol–water partition coefficient (Wildman–Crippen LogP) is 5.19. The van der Waals surface area contributed by atoms with E-state index in [-0.39, 0.29) is 28.5 Å². The SMILES string of the molecule is O=C(CSc1nnc(-c2cccc([N+](=O)[O-])c2)o1)n1c2ccccc2c2ccccc21. The maximum atomic E-state index is 13.1. The highest BCUT2D eigenvalue weighted by atomic mass is 32.2. The molecule has 2 aromatic heterocycles. The van der Waals surface area contributed by atoms with E-state index in [2.05, 4.69) is 10.2 Å². The molecule has 2 heterocycles. The molecule has 8 nitrogen and oxygen atoms in total. The zero-order valence-corrected chi connectivity index (χ0v) is 16.8. The van der Waals surface area contributed by atoms with Crippen molar-refractivity contribution < 1.29 is 14.1 Å². The van der Waals surface area contributed by atoms with Crippen LogP contribution in [0.15, 0.2) is 82.4 Å². The van der Waals surface area contributed by atoms with Crippen LogP contribution in [0, 0.1) is 10.1 Å². The lowest BCUT2D eigenvalue weighted by molar-refractivity contribution is -0.384. The van der Waals surface area contributed by atoms with Crippen LogP contribution in [0.25, 0.3) is 33.3 Å². The molecule has 0 amide bonds. The molecule has 0 fully saturated rings. The molecular formula is C22H14N4O4S. The molecule has 0 aliphatic rings. The van der Waals surface area contributed by atoms with E-state index in [4.69, 9.17) is 4.42 Å². The fraction of sp³-hybridized carbons (Fsp3) is 0.0455. The number of nitro groups is 1. The predicted molar refractivity (Wildman–Crippen MR) is 117 cm³/mol. The lowest BCUT2D eigenvalue weighted by atomic mass is 10.2. The number of fused-ring (bicyclic) bond motifs is 3. The summed E-state index contributed by atoms with van der Waals surface area (Å²) in [5, 5.41) is 21.1. The summed E-state index contributed by atoms with van der Waals surface area (Å²) in [5.74, 6) is 0.146. The highest BCUT2D eigenvalue weighted by molar-refractivity contribution is 7.99. The molecular weight excluding hydrogens is 416 g/mol. The first-order valence-electron chi connectivity index (χ1n) is 9.34. The molecule has 0 saturated carbocycles. The minimum absolute atomic E-state index is 0.0635. The Kier molecular flexibility index (Phi) is 4.72. The number of aromatic nitrogens is 3. The lowest BCUT2D eigenvalue weighted by Gasteiger charge is -2.04. The van der Waals surface area contributed by atoms with Gasteiger partial charge in [0.05, 0.1) is 21.7 Å². The van der Waals surface area contributed by atoms with Gasteiger partial charge in [0, 0.05) is 28.5 Å². The van der Waals surface area contributed by atoms with Crippen LogP contribution in [-0.4, -0.2) is 31.3 Å². The molecule has 0 spiro atoms. The van der Waals surface area contributed by atoms with Crippen molar-refractivity contribution in [2.75, 3.05) is 5.75 Å². The van der Waals surface area contributed by atoms with Gasteiger partial charge in [-0.05, 0) is 18.2 Å². The Balaban J connectivity index is 1.40. The van der Waals surface area contributed by atoms with Crippen molar-refractivity contribution >= 4 is 45.2 Å². The fourth-order valence-electron chi connectivity index (χ4n) is 3.52. The summed E-state index contributed by atoms with van der Waals surface area (Å²) < 4.78 is 7.31. The van der Waals surface area contributed by atoms with Gasteiger partial charge in [0.15, 0.2) is 0 Å². The van der Waals surface area contributed by atoms with Crippen molar-refractivity contribution in [2.45, 2.75) is 5.22 Å². The van der Waals surface area contributed by atoms with Gasteiger partial charge in [0.2, 0.25) is 11.8 Å². The third kappa shape index (κ3) is 3.44.